The van der Waals surface area contributed by atoms with Gasteiger partial charge in [0.1, 0.15) is 0 Å². The normalized spacial score (nSPS) is 19.4. The molecule has 0 saturated carbocycles. The second-order valence-electron chi connectivity index (χ2n) is 4.51. The van der Waals surface area contributed by atoms with Crippen molar-refractivity contribution in [1.82, 2.24) is 4.90 Å². The summed E-state index contributed by atoms with van der Waals surface area (Å²) < 4.78 is 22.1. The van der Waals surface area contributed by atoms with Gasteiger partial charge in [0.2, 0.25) is 0 Å². The molecule has 0 aromatic heterocycles. The molecule has 0 bridgehead atoms. The van der Waals surface area contributed by atoms with Crippen molar-refractivity contribution in [3.8, 4) is 0 Å². The standard InChI is InChI=1S/C8H19NO7P2/c10-8(17(11,12)13,18(14,15)16)4-3-7-9-5-1-2-6-9/h10H,1-7H2,(H2,11,12,13)(H2,14,15,16). The van der Waals surface area contributed by atoms with E-state index in [0.717, 1.165) is 25.9 Å². The maximum atomic E-state index is 11.1. The van der Waals surface area contributed by atoms with Crippen LogP contribution in [0.5, 0.6) is 0 Å². The maximum Gasteiger partial charge on any atom is 0.369 e. The van der Waals surface area contributed by atoms with E-state index in [9.17, 15) is 14.2 Å². The van der Waals surface area contributed by atoms with Crippen LogP contribution in [0.25, 0.3) is 0 Å². The summed E-state index contributed by atoms with van der Waals surface area (Å²) in [6, 6.07) is 0. The van der Waals surface area contributed by atoms with Gasteiger partial charge >= 0.3 is 15.2 Å². The first-order valence-corrected chi connectivity index (χ1v) is 8.86. The van der Waals surface area contributed by atoms with Gasteiger partial charge in [0.25, 0.3) is 5.08 Å². The lowest BCUT2D eigenvalue weighted by atomic mass is 10.3. The van der Waals surface area contributed by atoms with E-state index in [1.165, 1.54) is 0 Å². The minimum atomic E-state index is -5.30. The van der Waals surface area contributed by atoms with Gasteiger partial charge in [-0.1, -0.05) is 0 Å². The van der Waals surface area contributed by atoms with Crippen molar-refractivity contribution in [3.05, 3.63) is 0 Å². The Labute approximate surface area is 105 Å². The van der Waals surface area contributed by atoms with E-state index in [1.54, 1.807) is 0 Å². The molecule has 18 heavy (non-hydrogen) atoms. The highest BCUT2D eigenvalue weighted by molar-refractivity contribution is 7.72. The monoisotopic (exact) mass is 303 g/mol. The van der Waals surface area contributed by atoms with Crippen molar-refractivity contribution in [1.29, 1.82) is 0 Å². The third-order valence-corrected chi connectivity index (χ3v) is 6.99. The second kappa shape index (κ2) is 5.69. The molecule has 0 unspecified atom stereocenters. The molecule has 0 atom stereocenters. The molecule has 1 saturated heterocycles. The average molecular weight is 303 g/mol. The Bertz CT molecular complexity index is 348. The van der Waals surface area contributed by atoms with E-state index in [1.807, 2.05) is 4.90 Å². The topological polar surface area (TPSA) is 139 Å². The van der Waals surface area contributed by atoms with Crippen LogP contribution in [-0.2, 0) is 9.13 Å². The Balaban J connectivity index is 2.63. The number of nitrogens with zero attached hydrogens (tertiary/aromatic N) is 1. The molecule has 1 heterocycles. The van der Waals surface area contributed by atoms with E-state index < -0.39 is 26.7 Å². The third kappa shape index (κ3) is 3.62. The Morgan fingerprint density at radius 1 is 1.00 bits per heavy atom. The maximum absolute atomic E-state index is 11.1. The fraction of sp³-hybridized carbons (Fsp3) is 1.00. The van der Waals surface area contributed by atoms with Crippen LogP contribution in [0.15, 0.2) is 0 Å². The number of hydrogen-bond acceptors (Lipinski definition) is 4. The molecule has 0 spiro atoms. The highest BCUT2D eigenvalue weighted by Gasteiger charge is 2.58. The van der Waals surface area contributed by atoms with Gasteiger partial charge in [0, 0.05) is 6.42 Å². The Morgan fingerprint density at radius 2 is 1.44 bits per heavy atom. The third-order valence-electron chi connectivity index (χ3n) is 3.12. The molecular formula is C8H19NO7P2. The zero-order chi connectivity index (χ0) is 14.0. The lowest BCUT2D eigenvalue weighted by Gasteiger charge is -2.29. The van der Waals surface area contributed by atoms with Crippen LogP contribution in [0.3, 0.4) is 0 Å². The summed E-state index contributed by atoms with van der Waals surface area (Å²) in [5.41, 5.74) is 0. The summed E-state index contributed by atoms with van der Waals surface area (Å²) in [4.78, 5) is 37.7. The van der Waals surface area contributed by atoms with Crippen molar-refractivity contribution < 1.29 is 33.8 Å². The van der Waals surface area contributed by atoms with Crippen molar-refractivity contribution in [2.24, 2.45) is 0 Å². The molecule has 0 aromatic carbocycles. The summed E-state index contributed by atoms with van der Waals surface area (Å²) >= 11 is 0. The first-order valence-electron chi connectivity index (χ1n) is 5.64. The zero-order valence-electron chi connectivity index (χ0n) is 9.84. The van der Waals surface area contributed by atoms with Crippen LogP contribution in [0.1, 0.15) is 25.7 Å². The van der Waals surface area contributed by atoms with Gasteiger partial charge in [-0.2, -0.15) is 0 Å². The van der Waals surface area contributed by atoms with Crippen molar-refractivity contribution in [2.45, 2.75) is 30.8 Å². The molecule has 5 N–H and O–H groups in total. The smallest absolute Gasteiger partial charge is 0.368 e. The Kier molecular flexibility index (Phi) is 5.14. The van der Waals surface area contributed by atoms with Gasteiger partial charge in [0.15, 0.2) is 0 Å². The highest BCUT2D eigenvalue weighted by atomic mass is 31.2. The second-order valence-corrected chi connectivity index (χ2v) is 8.52. The summed E-state index contributed by atoms with van der Waals surface area (Å²) in [7, 11) is -10.6. The van der Waals surface area contributed by atoms with Crippen molar-refractivity contribution >= 4 is 15.2 Å². The van der Waals surface area contributed by atoms with Crippen LogP contribution in [-0.4, -0.2) is 54.3 Å². The summed E-state index contributed by atoms with van der Waals surface area (Å²) in [5, 5.41) is 6.35. The van der Waals surface area contributed by atoms with Gasteiger partial charge < -0.3 is 29.6 Å². The van der Waals surface area contributed by atoms with Crippen LogP contribution >= 0.6 is 15.2 Å². The van der Waals surface area contributed by atoms with Crippen LogP contribution in [0.2, 0.25) is 0 Å². The molecule has 1 aliphatic heterocycles. The van der Waals surface area contributed by atoms with Gasteiger partial charge in [-0.15, -0.1) is 0 Å². The largest absolute Gasteiger partial charge is 0.369 e. The molecular weight excluding hydrogens is 284 g/mol. The molecule has 1 rings (SSSR count). The SMILES string of the molecule is O=P(O)(O)C(O)(CCCN1CCCC1)P(=O)(O)O. The van der Waals surface area contributed by atoms with Gasteiger partial charge in [-0.25, -0.2) is 0 Å². The minimum absolute atomic E-state index is 0.118. The molecule has 108 valence electrons. The fourth-order valence-electron chi connectivity index (χ4n) is 2.01. The van der Waals surface area contributed by atoms with Crippen LogP contribution in [0.4, 0.5) is 0 Å². The van der Waals surface area contributed by atoms with E-state index in [2.05, 4.69) is 0 Å². The zero-order valence-corrected chi connectivity index (χ0v) is 11.6. The summed E-state index contributed by atoms with van der Waals surface area (Å²) in [6.07, 6.45) is 1.58. The van der Waals surface area contributed by atoms with E-state index in [0.29, 0.717) is 6.54 Å². The van der Waals surface area contributed by atoms with Gasteiger partial charge in [-0.05, 0) is 38.9 Å². The number of likely N-dealkylation sites (tertiary alicyclic amines) is 1. The molecule has 10 heteroatoms. The first kappa shape index (κ1) is 16.3. The van der Waals surface area contributed by atoms with Crippen molar-refractivity contribution in [2.75, 3.05) is 19.6 Å². The highest BCUT2D eigenvalue weighted by Crippen LogP contribution is 2.69. The first-order chi connectivity index (χ1) is 8.08. The van der Waals surface area contributed by atoms with Gasteiger partial charge in [0.05, 0.1) is 0 Å². The molecule has 0 amide bonds. The minimum Gasteiger partial charge on any atom is -0.368 e. The van der Waals surface area contributed by atoms with E-state index in [4.69, 9.17) is 19.6 Å². The molecule has 0 radical (unpaired) electrons. The lowest BCUT2D eigenvalue weighted by molar-refractivity contribution is 0.117. The Morgan fingerprint density at radius 3 is 1.83 bits per heavy atom. The molecule has 0 aliphatic carbocycles. The van der Waals surface area contributed by atoms with E-state index >= 15 is 0 Å². The summed E-state index contributed by atoms with van der Waals surface area (Å²) in [6.45, 7) is 2.19. The van der Waals surface area contributed by atoms with Crippen LogP contribution in [0, 0.1) is 0 Å². The molecule has 1 aliphatic rings. The predicted molar refractivity (Wildman–Crippen MR) is 63.9 cm³/mol. The lowest BCUT2D eigenvalue weighted by Crippen LogP contribution is -2.30. The number of rotatable bonds is 6. The number of aliphatic hydroxyl groups is 1. The Hall–Kier alpha value is 0.220. The van der Waals surface area contributed by atoms with Crippen LogP contribution < -0.4 is 0 Å². The number of hydrogen-bond donors (Lipinski definition) is 5. The van der Waals surface area contributed by atoms with Gasteiger partial charge in [-0.3, -0.25) is 9.13 Å². The van der Waals surface area contributed by atoms with E-state index in [-0.39, 0.29) is 6.42 Å². The fourth-order valence-corrected chi connectivity index (χ4v) is 4.26. The summed E-state index contributed by atoms with van der Waals surface area (Å²) in [5.74, 6) is 0. The van der Waals surface area contributed by atoms with Crippen molar-refractivity contribution in [3.63, 3.8) is 0 Å². The predicted octanol–water partition coefficient (Wildman–Crippen LogP) is -0.136. The molecule has 0 aromatic rings. The molecule has 8 nitrogen and oxygen atoms in total. The quantitative estimate of drug-likeness (QED) is 0.427. The molecule has 1 fully saturated rings. The average Bonchev–Trinajstić information content (AvgIpc) is 2.66.